The molecule has 0 unspecified atom stereocenters. The Morgan fingerprint density at radius 1 is 1.20 bits per heavy atom. The van der Waals surface area contributed by atoms with Crippen LogP contribution in [0.3, 0.4) is 0 Å². The van der Waals surface area contributed by atoms with E-state index in [-0.39, 0.29) is 0 Å². The van der Waals surface area contributed by atoms with Gasteiger partial charge in [-0.2, -0.15) is 0 Å². The van der Waals surface area contributed by atoms with Gasteiger partial charge in [-0.25, -0.2) is 0 Å². The standard InChI is InChI=1S/C13H14NO/c15-11-5-7-12-6-1-2-8-13(12)14-9-3-4-10-14/h1-2,5-8H,3-4,9-10H2/b7-5+. The summed E-state index contributed by atoms with van der Waals surface area (Å²) < 4.78 is 0. The molecular formula is C13H14NO. The Labute approximate surface area is 90.2 Å². The van der Waals surface area contributed by atoms with Crippen LogP contribution in [0, 0.1) is 0 Å². The van der Waals surface area contributed by atoms with Gasteiger partial charge in [-0.1, -0.05) is 18.2 Å². The molecule has 0 saturated carbocycles. The summed E-state index contributed by atoms with van der Waals surface area (Å²) >= 11 is 0. The fraction of sp³-hybridized carbons (Fsp3) is 0.308. The van der Waals surface area contributed by atoms with Crippen LogP contribution in [-0.2, 0) is 4.79 Å². The van der Waals surface area contributed by atoms with E-state index < -0.39 is 0 Å². The van der Waals surface area contributed by atoms with Crippen LogP contribution in [0.1, 0.15) is 18.4 Å². The molecule has 0 aromatic heterocycles. The van der Waals surface area contributed by atoms with E-state index in [0.717, 1.165) is 18.7 Å². The molecule has 0 spiro atoms. The normalized spacial score (nSPS) is 16.1. The van der Waals surface area contributed by atoms with Gasteiger partial charge in [0.05, 0.1) is 0 Å². The van der Waals surface area contributed by atoms with E-state index in [0.29, 0.717) is 0 Å². The number of hydrogen-bond acceptors (Lipinski definition) is 2. The smallest absolute Gasteiger partial charge is 0.225 e. The molecule has 1 aliphatic heterocycles. The summed E-state index contributed by atoms with van der Waals surface area (Å²) in [5.74, 6) is 0. The second-order valence-electron chi connectivity index (χ2n) is 3.70. The van der Waals surface area contributed by atoms with Crippen LogP contribution in [-0.4, -0.2) is 19.4 Å². The lowest BCUT2D eigenvalue weighted by atomic mass is 10.1. The zero-order chi connectivity index (χ0) is 10.5. The summed E-state index contributed by atoms with van der Waals surface area (Å²) in [6, 6.07) is 8.16. The van der Waals surface area contributed by atoms with Crippen molar-refractivity contribution < 1.29 is 4.79 Å². The molecule has 2 rings (SSSR count). The van der Waals surface area contributed by atoms with Crippen LogP contribution >= 0.6 is 0 Å². The Bertz CT molecular complexity index is 365. The fourth-order valence-electron chi connectivity index (χ4n) is 2.00. The molecule has 1 aliphatic rings. The Balaban J connectivity index is 2.28. The van der Waals surface area contributed by atoms with Gasteiger partial charge in [-0.15, -0.1) is 0 Å². The molecule has 1 aromatic rings. The first-order chi connectivity index (χ1) is 7.42. The van der Waals surface area contributed by atoms with Crippen LogP contribution in [0.4, 0.5) is 5.69 Å². The molecule has 1 aromatic carbocycles. The third-order valence-electron chi connectivity index (χ3n) is 2.71. The molecule has 2 nitrogen and oxygen atoms in total. The highest BCUT2D eigenvalue weighted by Crippen LogP contribution is 2.25. The Morgan fingerprint density at radius 2 is 1.93 bits per heavy atom. The minimum Gasteiger partial charge on any atom is -0.371 e. The largest absolute Gasteiger partial charge is 0.371 e. The van der Waals surface area contributed by atoms with Crippen molar-refractivity contribution in [3.63, 3.8) is 0 Å². The molecule has 0 N–H and O–H groups in total. The van der Waals surface area contributed by atoms with Crippen molar-refractivity contribution in [1.82, 2.24) is 0 Å². The molecule has 0 aliphatic carbocycles. The molecule has 1 heterocycles. The summed E-state index contributed by atoms with van der Waals surface area (Å²) in [5.41, 5.74) is 2.32. The highest BCUT2D eigenvalue weighted by molar-refractivity contribution is 5.78. The maximum atomic E-state index is 10.2. The number of anilines is 1. The molecule has 0 atom stereocenters. The second kappa shape index (κ2) is 4.78. The van der Waals surface area contributed by atoms with Crippen molar-refractivity contribution >= 4 is 18.0 Å². The van der Waals surface area contributed by atoms with E-state index in [1.54, 1.807) is 6.29 Å². The lowest BCUT2D eigenvalue weighted by Crippen LogP contribution is -2.18. The first-order valence-electron chi connectivity index (χ1n) is 5.30. The molecule has 2 heteroatoms. The van der Waals surface area contributed by atoms with Crippen LogP contribution in [0.25, 0.3) is 6.08 Å². The topological polar surface area (TPSA) is 20.3 Å². The number of allylic oxidation sites excluding steroid dienone is 1. The van der Waals surface area contributed by atoms with Crippen molar-refractivity contribution in [3.8, 4) is 0 Å². The number of hydrogen-bond donors (Lipinski definition) is 0. The van der Waals surface area contributed by atoms with Crippen LogP contribution in [0.15, 0.2) is 30.3 Å². The summed E-state index contributed by atoms with van der Waals surface area (Å²) in [5, 5.41) is 0. The number of rotatable bonds is 3. The van der Waals surface area contributed by atoms with Gasteiger partial charge >= 0.3 is 0 Å². The van der Waals surface area contributed by atoms with E-state index >= 15 is 0 Å². The van der Waals surface area contributed by atoms with Crippen LogP contribution in [0.5, 0.6) is 0 Å². The quantitative estimate of drug-likeness (QED) is 0.698. The Kier molecular flexibility index (Phi) is 3.18. The van der Waals surface area contributed by atoms with Crippen LogP contribution < -0.4 is 4.90 Å². The Hall–Kier alpha value is -1.57. The summed E-state index contributed by atoms with van der Waals surface area (Å²) in [6.45, 7) is 2.24. The number of benzene rings is 1. The van der Waals surface area contributed by atoms with Crippen molar-refractivity contribution in [1.29, 1.82) is 0 Å². The van der Waals surface area contributed by atoms with Crippen molar-refractivity contribution in [2.24, 2.45) is 0 Å². The lowest BCUT2D eigenvalue weighted by molar-refractivity contribution is 0.564. The number of carbonyl (C=O) groups excluding carboxylic acids is 1. The van der Waals surface area contributed by atoms with Gasteiger partial charge in [-0.05, 0) is 36.6 Å². The molecule has 15 heavy (non-hydrogen) atoms. The number of nitrogens with zero attached hydrogens (tertiary/aromatic N) is 1. The van der Waals surface area contributed by atoms with Gasteiger partial charge in [-0.3, -0.25) is 4.79 Å². The fourth-order valence-corrected chi connectivity index (χ4v) is 2.00. The average Bonchev–Trinajstić information content (AvgIpc) is 2.80. The zero-order valence-electron chi connectivity index (χ0n) is 8.65. The van der Waals surface area contributed by atoms with Gasteiger partial charge in [0.2, 0.25) is 6.29 Å². The molecule has 1 radical (unpaired) electrons. The molecule has 0 bridgehead atoms. The molecule has 77 valence electrons. The van der Waals surface area contributed by atoms with E-state index in [1.165, 1.54) is 24.6 Å². The zero-order valence-corrected chi connectivity index (χ0v) is 8.65. The predicted molar refractivity (Wildman–Crippen MR) is 62.6 cm³/mol. The predicted octanol–water partition coefficient (Wildman–Crippen LogP) is 2.41. The van der Waals surface area contributed by atoms with E-state index in [9.17, 15) is 4.79 Å². The number of para-hydroxylation sites is 1. The molecular weight excluding hydrogens is 186 g/mol. The third-order valence-corrected chi connectivity index (χ3v) is 2.71. The van der Waals surface area contributed by atoms with Gasteiger partial charge in [0.25, 0.3) is 0 Å². The monoisotopic (exact) mass is 200 g/mol. The van der Waals surface area contributed by atoms with Gasteiger partial charge in [0, 0.05) is 18.8 Å². The van der Waals surface area contributed by atoms with E-state index in [1.807, 2.05) is 24.3 Å². The lowest BCUT2D eigenvalue weighted by Gasteiger charge is -2.19. The SMILES string of the molecule is O=[C]/C=C/c1ccccc1N1CCCC1. The van der Waals surface area contributed by atoms with Gasteiger partial charge in [0.15, 0.2) is 0 Å². The molecule has 0 amide bonds. The second-order valence-corrected chi connectivity index (χ2v) is 3.70. The molecule has 1 fully saturated rings. The van der Waals surface area contributed by atoms with Gasteiger partial charge in [0.1, 0.15) is 0 Å². The van der Waals surface area contributed by atoms with Crippen molar-refractivity contribution in [2.75, 3.05) is 18.0 Å². The Morgan fingerprint density at radius 3 is 2.67 bits per heavy atom. The maximum absolute atomic E-state index is 10.2. The van der Waals surface area contributed by atoms with Crippen LogP contribution in [0.2, 0.25) is 0 Å². The highest BCUT2D eigenvalue weighted by Gasteiger charge is 2.13. The van der Waals surface area contributed by atoms with E-state index in [2.05, 4.69) is 11.0 Å². The van der Waals surface area contributed by atoms with Crippen molar-refractivity contribution in [3.05, 3.63) is 35.9 Å². The maximum Gasteiger partial charge on any atom is 0.225 e. The molecule has 1 saturated heterocycles. The average molecular weight is 200 g/mol. The first kappa shape index (κ1) is 9.97. The summed E-state index contributed by atoms with van der Waals surface area (Å²) in [4.78, 5) is 12.6. The summed E-state index contributed by atoms with van der Waals surface area (Å²) in [7, 11) is 0. The summed E-state index contributed by atoms with van der Waals surface area (Å²) in [6.07, 6.45) is 7.55. The third kappa shape index (κ3) is 2.27. The minimum atomic E-state index is 1.10. The van der Waals surface area contributed by atoms with E-state index in [4.69, 9.17) is 0 Å². The van der Waals surface area contributed by atoms with Gasteiger partial charge < -0.3 is 4.90 Å². The highest BCUT2D eigenvalue weighted by atomic mass is 16.1. The first-order valence-corrected chi connectivity index (χ1v) is 5.30. The minimum absolute atomic E-state index is 1.10. The van der Waals surface area contributed by atoms with Crippen molar-refractivity contribution in [2.45, 2.75) is 12.8 Å².